The highest BCUT2D eigenvalue weighted by Crippen LogP contribution is 2.58. The number of amides is 1. The summed E-state index contributed by atoms with van der Waals surface area (Å²) in [5.74, 6) is -2.52. The fraction of sp³-hybridized carbons (Fsp3) is 0.147. The third kappa shape index (κ3) is 3.79. The van der Waals surface area contributed by atoms with E-state index in [9.17, 15) is 24.5 Å². The maximum atomic E-state index is 14.9. The lowest BCUT2D eigenvalue weighted by molar-refractivity contribution is -0.384. The molecule has 7 rings (SSSR count). The first-order valence-corrected chi connectivity index (χ1v) is 14.2. The number of nitrogens with one attached hydrogen (secondary N) is 1. The quantitative estimate of drug-likeness (QED) is 0.162. The van der Waals surface area contributed by atoms with Crippen LogP contribution in [-0.4, -0.2) is 34.5 Å². The molecule has 1 spiro atoms. The van der Waals surface area contributed by atoms with Crippen LogP contribution in [-0.2, 0) is 10.2 Å². The number of benzene rings is 4. The molecule has 43 heavy (non-hydrogen) atoms. The number of Topliss-reactive ketones (excluding diaryl/α,β-unsaturated/α-hetero) is 2. The number of carbonyl (C=O) groups excluding carboxylic acids is 3. The third-order valence-electron chi connectivity index (χ3n) is 8.91. The first kappa shape index (κ1) is 26.8. The molecule has 1 fully saturated rings. The van der Waals surface area contributed by atoms with E-state index in [0.29, 0.717) is 21.8 Å². The van der Waals surface area contributed by atoms with Crippen molar-refractivity contribution in [2.75, 3.05) is 10.2 Å². The smallest absolute Gasteiger partial charge is 0.270 e. The van der Waals surface area contributed by atoms with Crippen LogP contribution in [0.15, 0.2) is 103 Å². The summed E-state index contributed by atoms with van der Waals surface area (Å²) in [6.07, 6.45) is 1.97. The van der Waals surface area contributed by atoms with Crippen LogP contribution in [0.2, 0.25) is 5.02 Å². The Bertz CT molecular complexity index is 1900. The van der Waals surface area contributed by atoms with Crippen LogP contribution in [0, 0.1) is 16.0 Å². The summed E-state index contributed by atoms with van der Waals surface area (Å²) in [5.41, 5.74) is 2.31. The Morgan fingerprint density at radius 3 is 2.40 bits per heavy atom. The van der Waals surface area contributed by atoms with Crippen molar-refractivity contribution in [3.05, 3.63) is 141 Å². The first-order chi connectivity index (χ1) is 20.7. The number of allylic oxidation sites excluding steroid dienone is 1. The molecule has 4 aromatic rings. The van der Waals surface area contributed by atoms with E-state index in [-0.39, 0.29) is 17.0 Å². The molecule has 0 bridgehead atoms. The molecule has 9 heteroatoms. The number of carbonyl (C=O) groups is 3. The predicted molar refractivity (Wildman–Crippen MR) is 164 cm³/mol. The van der Waals surface area contributed by atoms with E-state index in [0.717, 1.165) is 16.8 Å². The zero-order chi connectivity index (χ0) is 30.0. The second kappa shape index (κ2) is 9.74. The third-order valence-corrected chi connectivity index (χ3v) is 9.16. The van der Waals surface area contributed by atoms with Gasteiger partial charge in [-0.25, -0.2) is 0 Å². The maximum Gasteiger partial charge on any atom is 0.270 e. The lowest BCUT2D eigenvalue weighted by Crippen LogP contribution is -2.51. The van der Waals surface area contributed by atoms with Gasteiger partial charge < -0.3 is 10.2 Å². The molecule has 1 saturated heterocycles. The minimum Gasteiger partial charge on any atom is -0.352 e. The van der Waals surface area contributed by atoms with Crippen LogP contribution >= 0.6 is 11.6 Å². The summed E-state index contributed by atoms with van der Waals surface area (Å²) in [7, 11) is 0. The van der Waals surface area contributed by atoms with E-state index in [1.807, 2.05) is 54.3 Å². The Balaban J connectivity index is 1.55. The number of para-hydroxylation sites is 2. The molecule has 3 aliphatic heterocycles. The van der Waals surface area contributed by atoms with Gasteiger partial charge in [-0.3, -0.25) is 24.5 Å². The number of nitro benzene ring substituents is 1. The van der Waals surface area contributed by atoms with Gasteiger partial charge in [0.2, 0.25) is 5.91 Å². The van der Waals surface area contributed by atoms with Crippen molar-refractivity contribution in [3.63, 3.8) is 0 Å². The van der Waals surface area contributed by atoms with Gasteiger partial charge in [-0.15, -0.1) is 0 Å². The predicted octanol–water partition coefficient (Wildman–Crippen LogP) is 6.49. The van der Waals surface area contributed by atoms with E-state index >= 15 is 0 Å². The molecule has 0 aromatic heterocycles. The zero-order valence-corrected chi connectivity index (χ0v) is 23.6. The Hall–Kier alpha value is -5.08. The minimum atomic E-state index is -1.51. The molecule has 212 valence electrons. The number of hydrogen-bond acceptors (Lipinski definition) is 6. The molecule has 0 aliphatic carbocycles. The number of anilines is 2. The van der Waals surface area contributed by atoms with Crippen molar-refractivity contribution in [1.29, 1.82) is 0 Å². The van der Waals surface area contributed by atoms with Crippen LogP contribution in [0.4, 0.5) is 17.1 Å². The molecule has 1 N–H and O–H groups in total. The summed E-state index contributed by atoms with van der Waals surface area (Å²) in [6.45, 7) is 1.95. The van der Waals surface area contributed by atoms with Crippen LogP contribution in [0.3, 0.4) is 0 Å². The van der Waals surface area contributed by atoms with Gasteiger partial charge in [0.25, 0.3) is 5.69 Å². The Morgan fingerprint density at radius 1 is 0.907 bits per heavy atom. The maximum absolute atomic E-state index is 14.9. The van der Waals surface area contributed by atoms with Crippen molar-refractivity contribution < 1.29 is 19.3 Å². The number of non-ortho nitro benzene ring substituents is 1. The highest BCUT2D eigenvalue weighted by Gasteiger charge is 2.70. The van der Waals surface area contributed by atoms with E-state index in [2.05, 4.69) is 5.32 Å². The summed E-state index contributed by atoms with van der Waals surface area (Å²) < 4.78 is 0. The Labute approximate surface area is 251 Å². The second-order valence-electron chi connectivity index (χ2n) is 11.1. The van der Waals surface area contributed by atoms with Gasteiger partial charge in [0, 0.05) is 45.2 Å². The highest BCUT2D eigenvalue weighted by molar-refractivity contribution is 6.30. The number of fused-ring (bicyclic) bond motifs is 6. The number of hydrogen-bond donors (Lipinski definition) is 1. The van der Waals surface area contributed by atoms with Crippen molar-refractivity contribution in [1.82, 2.24) is 0 Å². The van der Waals surface area contributed by atoms with Crippen molar-refractivity contribution >= 4 is 51.7 Å². The van der Waals surface area contributed by atoms with Crippen molar-refractivity contribution in [2.45, 2.75) is 24.4 Å². The number of ketones is 2. The fourth-order valence-corrected chi connectivity index (χ4v) is 7.25. The lowest BCUT2D eigenvalue weighted by atomic mass is 9.64. The zero-order valence-electron chi connectivity index (χ0n) is 22.9. The molecule has 3 aliphatic rings. The number of halogens is 1. The van der Waals surface area contributed by atoms with Crippen LogP contribution in [0.5, 0.6) is 0 Å². The largest absolute Gasteiger partial charge is 0.352 e. The molecule has 1 amide bonds. The Kier molecular flexibility index (Phi) is 6.07. The summed E-state index contributed by atoms with van der Waals surface area (Å²) in [4.78, 5) is 57.0. The number of nitro groups is 1. The van der Waals surface area contributed by atoms with Crippen LogP contribution in [0.1, 0.15) is 38.8 Å². The SMILES string of the molecule is CC1=C[C@@H]2N(c3ccccc31)[C@H](C(=O)c1ccc(Cl)cc1)[C@@H](C(=O)c1cccc([N+](=O)[O-])c1)[C@@]21C(=O)Nc2ccccc21. The van der Waals surface area contributed by atoms with Gasteiger partial charge in [0.1, 0.15) is 11.5 Å². The minimum absolute atomic E-state index is 0.0542. The highest BCUT2D eigenvalue weighted by atomic mass is 35.5. The summed E-state index contributed by atoms with van der Waals surface area (Å²) in [5, 5.41) is 15.1. The molecule has 4 aromatic carbocycles. The fourth-order valence-electron chi connectivity index (χ4n) is 7.12. The summed E-state index contributed by atoms with van der Waals surface area (Å²) in [6, 6.07) is 24.9. The summed E-state index contributed by atoms with van der Waals surface area (Å²) >= 11 is 6.15. The molecular formula is C34H24ClN3O5. The van der Waals surface area contributed by atoms with E-state index < -0.39 is 40.0 Å². The normalized spacial score (nSPS) is 23.2. The van der Waals surface area contributed by atoms with Gasteiger partial charge in [-0.05, 0) is 54.5 Å². The Morgan fingerprint density at radius 2 is 1.63 bits per heavy atom. The van der Waals surface area contributed by atoms with Crippen LogP contribution < -0.4 is 10.2 Å². The van der Waals surface area contributed by atoms with E-state index in [1.54, 1.807) is 36.4 Å². The number of nitrogens with zero attached hydrogens (tertiary/aromatic N) is 2. The first-order valence-electron chi connectivity index (χ1n) is 13.8. The van der Waals surface area contributed by atoms with Gasteiger partial charge in [-0.1, -0.05) is 66.2 Å². The van der Waals surface area contributed by atoms with Gasteiger partial charge in [0.15, 0.2) is 11.6 Å². The molecule has 3 heterocycles. The average molecular weight is 590 g/mol. The molecule has 0 saturated carbocycles. The van der Waals surface area contributed by atoms with Crippen molar-refractivity contribution in [3.8, 4) is 0 Å². The number of rotatable bonds is 5. The molecule has 8 nitrogen and oxygen atoms in total. The monoisotopic (exact) mass is 589 g/mol. The average Bonchev–Trinajstić information content (AvgIpc) is 3.49. The van der Waals surface area contributed by atoms with Crippen LogP contribution in [0.25, 0.3) is 5.57 Å². The molecule has 0 radical (unpaired) electrons. The molecule has 4 atom stereocenters. The topological polar surface area (TPSA) is 110 Å². The van der Waals surface area contributed by atoms with Gasteiger partial charge in [0.05, 0.1) is 16.9 Å². The standard InChI is InChI=1S/C34H24ClN3O5/c1-19-17-28-34(25-10-3-4-11-26(25)36-33(34)41)29(31(39)21-7-6-8-23(18-21)38(42)43)30(32(40)20-13-15-22(35)16-14-20)37(28)27-12-5-2-9-24(19)27/h2-18,28-30H,1H3,(H,36,41)/t28-,29-,30-,34-/m0/s1. The van der Waals surface area contributed by atoms with E-state index in [1.165, 1.54) is 24.3 Å². The van der Waals surface area contributed by atoms with Gasteiger partial charge >= 0.3 is 0 Å². The van der Waals surface area contributed by atoms with Crippen molar-refractivity contribution in [2.24, 2.45) is 5.92 Å². The molecular weight excluding hydrogens is 566 g/mol. The van der Waals surface area contributed by atoms with E-state index in [4.69, 9.17) is 11.6 Å². The van der Waals surface area contributed by atoms with Gasteiger partial charge in [-0.2, -0.15) is 0 Å². The lowest BCUT2D eigenvalue weighted by Gasteiger charge is -2.39. The second-order valence-corrected chi connectivity index (χ2v) is 11.5. The molecule has 0 unspecified atom stereocenters.